The number of rotatable bonds is 11. The van der Waals surface area contributed by atoms with Crippen LogP contribution in [-0.2, 0) is 9.53 Å². The van der Waals surface area contributed by atoms with Crippen LogP contribution in [0.5, 0.6) is 0 Å². The summed E-state index contributed by atoms with van der Waals surface area (Å²) in [6.07, 6.45) is 13.2. The predicted octanol–water partition coefficient (Wildman–Crippen LogP) is 4.86. The van der Waals surface area contributed by atoms with Gasteiger partial charge in [-0.3, -0.25) is 4.79 Å². The van der Waals surface area contributed by atoms with E-state index in [1.165, 1.54) is 64.7 Å². The second-order valence-corrected chi connectivity index (χ2v) is 5.04. The van der Waals surface area contributed by atoms with Gasteiger partial charge in [-0.1, -0.05) is 58.3 Å². The Bertz CT molecular complexity index is 178. The monoisotopic (exact) mass is 242 g/mol. The summed E-state index contributed by atoms with van der Waals surface area (Å²) in [5.74, 6) is -0.159. The lowest BCUT2D eigenvalue weighted by Crippen LogP contribution is -2.11. The van der Waals surface area contributed by atoms with Crippen molar-refractivity contribution in [3.8, 4) is 0 Å². The van der Waals surface area contributed by atoms with Crippen LogP contribution in [0.1, 0.15) is 85.0 Å². The molecular weight excluding hydrogens is 212 g/mol. The van der Waals surface area contributed by atoms with Gasteiger partial charge in [0.25, 0.3) is 0 Å². The smallest absolute Gasteiger partial charge is 0.302 e. The minimum atomic E-state index is -0.159. The van der Waals surface area contributed by atoms with Crippen molar-refractivity contribution in [3.63, 3.8) is 0 Å². The van der Waals surface area contributed by atoms with Crippen LogP contribution < -0.4 is 0 Å². The first-order valence-corrected chi connectivity index (χ1v) is 7.34. The van der Waals surface area contributed by atoms with E-state index < -0.39 is 0 Å². The third kappa shape index (κ3) is 13.4. The van der Waals surface area contributed by atoms with Crippen molar-refractivity contribution in [3.05, 3.63) is 0 Å². The second kappa shape index (κ2) is 11.9. The number of carbonyl (C=O) groups is 1. The molecule has 0 bridgehead atoms. The van der Waals surface area contributed by atoms with E-state index in [-0.39, 0.29) is 12.1 Å². The van der Waals surface area contributed by atoms with Gasteiger partial charge in [0.15, 0.2) is 0 Å². The van der Waals surface area contributed by atoms with Gasteiger partial charge in [-0.25, -0.2) is 0 Å². The van der Waals surface area contributed by atoms with Crippen molar-refractivity contribution in [2.75, 3.05) is 0 Å². The fourth-order valence-corrected chi connectivity index (χ4v) is 2.08. The maximum atomic E-state index is 10.7. The highest BCUT2D eigenvalue weighted by atomic mass is 16.5. The molecule has 0 aromatic rings. The van der Waals surface area contributed by atoms with E-state index >= 15 is 0 Å². The number of carbonyl (C=O) groups excluding carboxylic acids is 1. The Balaban J connectivity index is 3.10. The van der Waals surface area contributed by atoms with E-state index in [4.69, 9.17) is 4.74 Å². The summed E-state index contributed by atoms with van der Waals surface area (Å²) in [6.45, 7) is 5.71. The number of hydrogen-bond donors (Lipinski definition) is 0. The van der Waals surface area contributed by atoms with Gasteiger partial charge in [-0.05, 0) is 19.8 Å². The number of hydrogen-bond acceptors (Lipinski definition) is 2. The molecule has 0 saturated heterocycles. The van der Waals surface area contributed by atoms with Crippen LogP contribution in [-0.4, -0.2) is 12.1 Å². The lowest BCUT2D eigenvalue weighted by molar-refractivity contribution is -0.145. The molecule has 0 N–H and O–H groups in total. The standard InChI is InChI=1S/C15H30O2/c1-4-5-6-7-8-9-10-11-12-13-14(2)17-15(3)16/h14H,4-13H2,1-3H3/t14-/m0/s1. The molecule has 0 aliphatic carbocycles. The molecule has 0 saturated carbocycles. The summed E-state index contributed by atoms with van der Waals surface area (Å²) < 4.78 is 5.08. The Labute approximate surface area is 107 Å². The van der Waals surface area contributed by atoms with Crippen molar-refractivity contribution >= 4 is 5.97 Å². The van der Waals surface area contributed by atoms with E-state index in [1.54, 1.807) is 0 Å². The van der Waals surface area contributed by atoms with Crippen LogP contribution in [0.2, 0.25) is 0 Å². The Kier molecular flexibility index (Phi) is 11.6. The molecule has 0 aromatic heterocycles. The molecule has 0 fully saturated rings. The molecule has 0 radical (unpaired) electrons. The fourth-order valence-electron chi connectivity index (χ4n) is 2.08. The number of esters is 1. The summed E-state index contributed by atoms with van der Waals surface area (Å²) in [6, 6.07) is 0. The molecular formula is C15H30O2. The highest BCUT2D eigenvalue weighted by molar-refractivity contribution is 5.66. The summed E-state index contributed by atoms with van der Waals surface area (Å²) in [5.41, 5.74) is 0. The minimum Gasteiger partial charge on any atom is -0.463 e. The molecule has 0 aliphatic heterocycles. The van der Waals surface area contributed by atoms with Crippen molar-refractivity contribution < 1.29 is 9.53 Å². The van der Waals surface area contributed by atoms with Gasteiger partial charge in [0, 0.05) is 6.92 Å². The molecule has 1 atom stereocenters. The molecule has 0 amide bonds. The van der Waals surface area contributed by atoms with E-state index in [2.05, 4.69) is 6.92 Å². The maximum absolute atomic E-state index is 10.7. The van der Waals surface area contributed by atoms with Crippen molar-refractivity contribution in [1.82, 2.24) is 0 Å². The summed E-state index contributed by atoms with van der Waals surface area (Å²) in [7, 11) is 0. The first-order valence-electron chi connectivity index (χ1n) is 7.34. The summed E-state index contributed by atoms with van der Waals surface area (Å²) in [5, 5.41) is 0. The summed E-state index contributed by atoms with van der Waals surface area (Å²) >= 11 is 0. The molecule has 0 aliphatic rings. The zero-order valence-electron chi connectivity index (χ0n) is 12.0. The molecule has 0 unspecified atom stereocenters. The number of ether oxygens (including phenoxy) is 1. The lowest BCUT2D eigenvalue weighted by Gasteiger charge is -2.11. The van der Waals surface area contributed by atoms with Crippen molar-refractivity contribution in [1.29, 1.82) is 0 Å². The van der Waals surface area contributed by atoms with E-state index in [1.807, 2.05) is 6.92 Å². The van der Waals surface area contributed by atoms with E-state index in [9.17, 15) is 4.79 Å². The molecule has 0 spiro atoms. The predicted molar refractivity (Wildman–Crippen MR) is 73.1 cm³/mol. The SMILES string of the molecule is CCCCCCCCCCC[C@H](C)OC(C)=O. The molecule has 2 heteroatoms. The zero-order chi connectivity index (χ0) is 12.9. The van der Waals surface area contributed by atoms with Gasteiger partial charge in [0.05, 0.1) is 6.10 Å². The quantitative estimate of drug-likeness (QED) is 0.382. The van der Waals surface area contributed by atoms with Gasteiger partial charge in [-0.2, -0.15) is 0 Å². The van der Waals surface area contributed by atoms with Crippen LogP contribution in [0.3, 0.4) is 0 Å². The van der Waals surface area contributed by atoms with E-state index in [0.29, 0.717) is 0 Å². The van der Waals surface area contributed by atoms with Crippen molar-refractivity contribution in [2.24, 2.45) is 0 Å². The van der Waals surface area contributed by atoms with Gasteiger partial charge < -0.3 is 4.74 Å². The first-order chi connectivity index (χ1) is 8.16. The Morgan fingerprint density at radius 3 is 1.88 bits per heavy atom. The minimum absolute atomic E-state index is 0.0945. The molecule has 0 heterocycles. The second-order valence-electron chi connectivity index (χ2n) is 5.04. The lowest BCUT2D eigenvalue weighted by atomic mass is 10.1. The van der Waals surface area contributed by atoms with Crippen LogP contribution in [0, 0.1) is 0 Å². The van der Waals surface area contributed by atoms with Crippen molar-refractivity contribution in [2.45, 2.75) is 91.1 Å². The molecule has 17 heavy (non-hydrogen) atoms. The molecule has 2 nitrogen and oxygen atoms in total. The average molecular weight is 242 g/mol. The molecule has 102 valence electrons. The Hall–Kier alpha value is -0.530. The largest absolute Gasteiger partial charge is 0.463 e. The van der Waals surface area contributed by atoms with Crippen LogP contribution in [0.15, 0.2) is 0 Å². The summed E-state index contributed by atoms with van der Waals surface area (Å²) in [4.78, 5) is 10.7. The Morgan fingerprint density at radius 1 is 0.941 bits per heavy atom. The van der Waals surface area contributed by atoms with E-state index in [0.717, 1.165) is 6.42 Å². The van der Waals surface area contributed by atoms with Gasteiger partial charge in [0.2, 0.25) is 0 Å². The third-order valence-electron chi connectivity index (χ3n) is 3.08. The highest BCUT2D eigenvalue weighted by Crippen LogP contribution is 2.12. The van der Waals surface area contributed by atoms with Crippen LogP contribution in [0.25, 0.3) is 0 Å². The zero-order valence-corrected chi connectivity index (χ0v) is 12.0. The van der Waals surface area contributed by atoms with Gasteiger partial charge in [-0.15, -0.1) is 0 Å². The first kappa shape index (κ1) is 16.5. The fraction of sp³-hybridized carbons (Fsp3) is 0.933. The third-order valence-corrected chi connectivity index (χ3v) is 3.08. The normalized spacial score (nSPS) is 12.4. The van der Waals surface area contributed by atoms with Gasteiger partial charge in [0.1, 0.15) is 0 Å². The molecule has 0 aromatic carbocycles. The van der Waals surface area contributed by atoms with Crippen LogP contribution in [0.4, 0.5) is 0 Å². The highest BCUT2D eigenvalue weighted by Gasteiger charge is 2.04. The van der Waals surface area contributed by atoms with Crippen LogP contribution >= 0.6 is 0 Å². The average Bonchev–Trinajstić information content (AvgIpc) is 2.26. The Morgan fingerprint density at radius 2 is 1.41 bits per heavy atom. The number of unbranched alkanes of at least 4 members (excludes halogenated alkanes) is 8. The van der Waals surface area contributed by atoms with Gasteiger partial charge >= 0.3 is 5.97 Å². The topological polar surface area (TPSA) is 26.3 Å². The maximum Gasteiger partial charge on any atom is 0.302 e. The molecule has 0 rings (SSSR count).